The molecule has 0 saturated heterocycles. The number of ether oxygens (including phenoxy) is 1. The summed E-state index contributed by atoms with van der Waals surface area (Å²) < 4.78 is 4.77. The lowest BCUT2D eigenvalue weighted by atomic mass is 10.0. The van der Waals surface area contributed by atoms with E-state index in [0.29, 0.717) is 12.2 Å². The number of aryl methyl sites for hydroxylation is 2. The van der Waals surface area contributed by atoms with Gasteiger partial charge in [0.25, 0.3) is 0 Å². The highest BCUT2D eigenvalue weighted by molar-refractivity contribution is 5.88. The third kappa shape index (κ3) is 2.86. The Labute approximate surface area is 95.4 Å². The molecular formula is C13H16O3. The van der Waals surface area contributed by atoms with Crippen molar-refractivity contribution < 1.29 is 14.6 Å². The molecule has 0 heterocycles. The molecule has 1 rings (SSSR count). The summed E-state index contributed by atoms with van der Waals surface area (Å²) in [4.78, 5) is 11.1. The Hall–Kier alpha value is -1.77. The fourth-order valence-electron chi connectivity index (χ4n) is 1.37. The van der Waals surface area contributed by atoms with Gasteiger partial charge in [-0.25, -0.2) is 4.79 Å². The first-order valence-corrected chi connectivity index (χ1v) is 5.20. The largest absolute Gasteiger partial charge is 0.507 e. The summed E-state index contributed by atoms with van der Waals surface area (Å²) in [6.07, 6.45) is 2.90. The zero-order valence-electron chi connectivity index (χ0n) is 9.78. The summed E-state index contributed by atoms with van der Waals surface area (Å²) in [6.45, 7) is 5.80. The number of hydrogen-bond donors (Lipinski definition) is 1. The topological polar surface area (TPSA) is 46.5 Å². The molecule has 3 nitrogen and oxygen atoms in total. The van der Waals surface area contributed by atoms with Crippen LogP contribution in [0.3, 0.4) is 0 Å². The van der Waals surface area contributed by atoms with Crippen LogP contribution >= 0.6 is 0 Å². The Morgan fingerprint density at radius 3 is 2.62 bits per heavy atom. The van der Waals surface area contributed by atoms with Crippen LogP contribution in [0.15, 0.2) is 18.2 Å². The summed E-state index contributed by atoms with van der Waals surface area (Å²) >= 11 is 0. The van der Waals surface area contributed by atoms with E-state index < -0.39 is 5.97 Å². The van der Waals surface area contributed by atoms with Crippen molar-refractivity contribution in [2.24, 2.45) is 0 Å². The monoisotopic (exact) mass is 220 g/mol. The van der Waals surface area contributed by atoms with Crippen molar-refractivity contribution in [1.29, 1.82) is 0 Å². The number of esters is 1. The van der Waals surface area contributed by atoms with Crippen LogP contribution in [0.25, 0.3) is 6.08 Å². The van der Waals surface area contributed by atoms with E-state index in [1.54, 1.807) is 13.0 Å². The highest BCUT2D eigenvalue weighted by Crippen LogP contribution is 2.26. The zero-order chi connectivity index (χ0) is 12.1. The van der Waals surface area contributed by atoms with Crippen molar-refractivity contribution >= 4 is 12.0 Å². The van der Waals surface area contributed by atoms with Gasteiger partial charge in [-0.15, -0.1) is 0 Å². The highest BCUT2D eigenvalue weighted by atomic mass is 16.5. The minimum atomic E-state index is -0.400. The van der Waals surface area contributed by atoms with Gasteiger partial charge in [-0.3, -0.25) is 0 Å². The van der Waals surface area contributed by atoms with Crippen molar-refractivity contribution in [2.45, 2.75) is 20.8 Å². The van der Waals surface area contributed by atoms with Crippen molar-refractivity contribution in [2.75, 3.05) is 6.61 Å². The quantitative estimate of drug-likeness (QED) is 0.629. The molecule has 0 fully saturated rings. The molecule has 86 valence electrons. The van der Waals surface area contributed by atoms with E-state index in [4.69, 9.17) is 4.74 Å². The second kappa shape index (κ2) is 5.35. The van der Waals surface area contributed by atoms with E-state index >= 15 is 0 Å². The Kier molecular flexibility index (Phi) is 4.11. The molecule has 0 aliphatic rings. The van der Waals surface area contributed by atoms with E-state index in [0.717, 1.165) is 11.1 Å². The molecule has 1 aromatic rings. The number of carbonyl (C=O) groups is 1. The van der Waals surface area contributed by atoms with E-state index in [1.807, 2.05) is 26.0 Å². The number of aromatic hydroxyl groups is 1. The van der Waals surface area contributed by atoms with E-state index in [2.05, 4.69) is 0 Å². The Bertz CT molecular complexity index is 419. The van der Waals surface area contributed by atoms with Gasteiger partial charge in [0.05, 0.1) is 6.61 Å². The SMILES string of the molecule is CCOC(=O)C=Cc1c(C)ccc(C)c1O. The zero-order valence-corrected chi connectivity index (χ0v) is 9.78. The average molecular weight is 220 g/mol. The minimum Gasteiger partial charge on any atom is -0.507 e. The number of benzene rings is 1. The van der Waals surface area contributed by atoms with E-state index in [1.165, 1.54) is 6.08 Å². The number of carbonyl (C=O) groups excluding carboxylic acids is 1. The Balaban J connectivity index is 2.97. The summed E-state index contributed by atoms with van der Waals surface area (Å²) in [5, 5.41) is 9.82. The van der Waals surface area contributed by atoms with Gasteiger partial charge < -0.3 is 9.84 Å². The fourth-order valence-corrected chi connectivity index (χ4v) is 1.37. The maximum atomic E-state index is 11.1. The Morgan fingerprint density at radius 2 is 2.00 bits per heavy atom. The van der Waals surface area contributed by atoms with Crippen LogP contribution in [-0.2, 0) is 9.53 Å². The van der Waals surface area contributed by atoms with Gasteiger partial charge in [-0.2, -0.15) is 0 Å². The molecule has 0 amide bonds. The van der Waals surface area contributed by atoms with Crippen LogP contribution in [0.1, 0.15) is 23.6 Å². The van der Waals surface area contributed by atoms with Crippen molar-refractivity contribution in [3.8, 4) is 5.75 Å². The van der Waals surface area contributed by atoms with E-state index in [9.17, 15) is 9.90 Å². The molecule has 0 aliphatic carbocycles. The molecule has 3 heteroatoms. The predicted octanol–water partition coefficient (Wildman–Crippen LogP) is 2.59. The lowest BCUT2D eigenvalue weighted by Crippen LogP contribution is -1.98. The Morgan fingerprint density at radius 1 is 1.38 bits per heavy atom. The maximum absolute atomic E-state index is 11.1. The summed E-state index contributed by atoms with van der Waals surface area (Å²) in [6, 6.07) is 3.74. The smallest absolute Gasteiger partial charge is 0.330 e. The lowest BCUT2D eigenvalue weighted by molar-refractivity contribution is -0.137. The van der Waals surface area contributed by atoms with Crippen molar-refractivity contribution in [1.82, 2.24) is 0 Å². The third-order valence-corrected chi connectivity index (χ3v) is 2.31. The highest BCUT2D eigenvalue weighted by Gasteiger charge is 2.05. The number of phenolic OH excluding ortho intramolecular Hbond substituents is 1. The first kappa shape index (κ1) is 12.3. The van der Waals surface area contributed by atoms with Gasteiger partial charge in [0.15, 0.2) is 0 Å². The average Bonchev–Trinajstić information content (AvgIpc) is 2.24. The third-order valence-electron chi connectivity index (χ3n) is 2.31. The van der Waals surface area contributed by atoms with Gasteiger partial charge in [0, 0.05) is 11.6 Å². The van der Waals surface area contributed by atoms with Crippen LogP contribution < -0.4 is 0 Å². The molecular weight excluding hydrogens is 204 g/mol. The standard InChI is InChI=1S/C13H16O3/c1-4-16-12(14)8-7-11-9(2)5-6-10(3)13(11)15/h5-8,15H,4H2,1-3H3. The number of phenols is 1. The molecule has 0 unspecified atom stereocenters. The molecule has 0 aromatic heterocycles. The van der Waals surface area contributed by atoms with Gasteiger partial charge in [-0.1, -0.05) is 12.1 Å². The molecule has 0 bridgehead atoms. The lowest BCUT2D eigenvalue weighted by Gasteiger charge is -2.06. The molecule has 0 atom stereocenters. The van der Waals surface area contributed by atoms with Gasteiger partial charge in [0.2, 0.25) is 0 Å². The van der Waals surface area contributed by atoms with Crippen LogP contribution in [0, 0.1) is 13.8 Å². The molecule has 0 spiro atoms. The number of rotatable bonds is 3. The van der Waals surface area contributed by atoms with Gasteiger partial charge >= 0.3 is 5.97 Å². The van der Waals surface area contributed by atoms with Crippen LogP contribution in [0.4, 0.5) is 0 Å². The molecule has 0 radical (unpaired) electrons. The summed E-state index contributed by atoms with van der Waals surface area (Å²) in [5.41, 5.74) is 2.37. The predicted molar refractivity (Wildman–Crippen MR) is 63.2 cm³/mol. The maximum Gasteiger partial charge on any atom is 0.330 e. The van der Waals surface area contributed by atoms with Gasteiger partial charge in [-0.05, 0) is 38.0 Å². The summed E-state index contributed by atoms with van der Waals surface area (Å²) in [5.74, 6) is -0.191. The molecule has 16 heavy (non-hydrogen) atoms. The molecule has 1 N–H and O–H groups in total. The van der Waals surface area contributed by atoms with Crippen LogP contribution in [-0.4, -0.2) is 17.7 Å². The van der Waals surface area contributed by atoms with Crippen LogP contribution in [0.2, 0.25) is 0 Å². The minimum absolute atomic E-state index is 0.209. The van der Waals surface area contributed by atoms with Crippen LogP contribution in [0.5, 0.6) is 5.75 Å². The number of hydrogen-bond acceptors (Lipinski definition) is 3. The van der Waals surface area contributed by atoms with Gasteiger partial charge in [0.1, 0.15) is 5.75 Å². The first-order valence-electron chi connectivity index (χ1n) is 5.20. The summed E-state index contributed by atoms with van der Waals surface area (Å²) in [7, 11) is 0. The van der Waals surface area contributed by atoms with Crippen molar-refractivity contribution in [3.63, 3.8) is 0 Å². The van der Waals surface area contributed by atoms with Crippen molar-refractivity contribution in [3.05, 3.63) is 34.9 Å². The fraction of sp³-hybridized carbons (Fsp3) is 0.308. The molecule has 1 aromatic carbocycles. The second-order valence-corrected chi connectivity index (χ2v) is 3.55. The van der Waals surface area contributed by atoms with E-state index in [-0.39, 0.29) is 5.75 Å². The second-order valence-electron chi connectivity index (χ2n) is 3.55. The first-order chi connectivity index (χ1) is 7.56. The normalized spacial score (nSPS) is 10.7. The molecule has 0 saturated carbocycles. The molecule has 0 aliphatic heterocycles.